The van der Waals surface area contributed by atoms with Gasteiger partial charge in [-0.2, -0.15) is 0 Å². The van der Waals surface area contributed by atoms with Crippen LogP contribution >= 0.6 is 0 Å². The largest absolute Gasteiger partial charge is 0.457 e. The van der Waals surface area contributed by atoms with Gasteiger partial charge < -0.3 is 4.74 Å². The van der Waals surface area contributed by atoms with Gasteiger partial charge in [0, 0.05) is 17.4 Å². The number of benzene rings is 1. The number of ether oxygens (including phenoxy) is 1. The maximum absolute atomic E-state index is 12.5. The molecule has 0 aromatic heterocycles. The quantitative estimate of drug-likeness (QED) is 0.684. The molecule has 3 atom stereocenters. The molecule has 0 spiro atoms. The Labute approximate surface area is 137 Å². The predicted octanol–water partition coefficient (Wildman–Crippen LogP) is 3.80. The number of hydrogen-bond donors (Lipinski definition) is 0. The summed E-state index contributed by atoms with van der Waals surface area (Å²) in [6, 6.07) is 4.36. The van der Waals surface area contributed by atoms with E-state index in [1.165, 1.54) is 16.7 Å². The van der Waals surface area contributed by atoms with Crippen molar-refractivity contribution in [2.24, 2.45) is 11.3 Å². The zero-order valence-electron chi connectivity index (χ0n) is 14.4. The maximum atomic E-state index is 12.5. The lowest BCUT2D eigenvalue weighted by Gasteiger charge is -2.55. The number of Topliss-reactive ketones (excluding diaryl/α,β-unsaturated/α-hetero) is 1. The third-order valence-electron chi connectivity index (χ3n) is 6.80. The summed E-state index contributed by atoms with van der Waals surface area (Å²) in [7, 11) is 0. The molecule has 1 fully saturated rings. The van der Waals surface area contributed by atoms with Crippen molar-refractivity contribution in [3.05, 3.63) is 34.4 Å². The van der Waals surface area contributed by atoms with Gasteiger partial charge in [0.05, 0.1) is 6.42 Å². The third kappa shape index (κ3) is 1.82. The molecule has 4 rings (SSSR count). The summed E-state index contributed by atoms with van der Waals surface area (Å²) < 4.78 is 5.72. The van der Waals surface area contributed by atoms with Gasteiger partial charge >= 0.3 is 5.97 Å². The predicted molar refractivity (Wildman–Crippen MR) is 87.2 cm³/mol. The van der Waals surface area contributed by atoms with Crippen molar-refractivity contribution in [1.29, 1.82) is 0 Å². The molecule has 3 unspecified atom stereocenters. The molecule has 1 heterocycles. The molecule has 23 heavy (non-hydrogen) atoms. The van der Waals surface area contributed by atoms with Crippen LogP contribution in [-0.2, 0) is 26.2 Å². The number of fused-ring (bicyclic) bond motifs is 2. The zero-order chi connectivity index (χ0) is 16.6. The summed E-state index contributed by atoms with van der Waals surface area (Å²) in [5.41, 5.74) is 4.53. The van der Waals surface area contributed by atoms with Crippen LogP contribution in [0.5, 0.6) is 0 Å². The highest BCUT2D eigenvalue weighted by molar-refractivity contribution is 5.86. The minimum Gasteiger partial charge on any atom is -0.457 e. The standard InChI is InChI=1S/C20H24O3/c1-11-5-6-13-18-12(11)9-17(22)23-14(18)10-15-19(2,3)16(21)7-8-20(13,15)4/h5-6,14-15H,7-10H2,1-4H3. The first-order chi connectivity index (χ1) is 10.7. The van der Waals surface area contributed by atoms with Crippen molar-refractivity contribution in [3.8, 4) is 0 Å². The van der Waals surface area contributed by atoms with E-state index in [0.717, 1.165) is 18.4 Å². The normalized spacial score (nSPS) is 34.4. The SMILES string of the molecule is Cc1ccc2c3c1CC(=O)OC3CC1C(C)(C)C(=O)CCC21C. The average Bonchev–Trinajstić information content (AvgIpc) is 2.48. The van der Waals surface area contributed by atoms with Gasteiger partial charge in [-0.3, -0.25) is 9.59 Å². The Hall–Kier alpha value is -1.64. The van der Waals surface area contributed by atoms with Crippen LogP contribution in [0, 0.1) is 18.3 Å². The number of hydrogen-bond acceptors (Lipinski definition) is 3. The molecule has 0 saturated heterocycles. The highest BCUT2D eigenvalue weighted by atomic mass is 16.5. The molecule has 1 aliphatic heterocycles. The summed E-state index contributed by atoms with van der Waals surface area (Å²) in [6.45, 7) is 8.53. The van der Waals surface area contributed by atoms with E-state index in [4.69, 9.17) is 4.74 Å². The summed E-state index contributed by atoms with van der Waals surface area (Å²) in [5.74, 6) is 0.430. The van der Waals surface area contributed by atoms with Gasteiger partial charge in [0.25, 0.3) is 0 Å². The molecule has 122 valence electrons. The van der Waals surface area contributed by atoms with Crippen molar-refractivity contribution in [2.45, 2.75) is 64.9 Å². The lowest BCUT2D eigenvalue weighted by molar-refractivity contribution is -0.156. The van der Waals surface area contributed by atoms with Crippen LogP contribution in [0.15, 0.2) is 12.1 Å². The first-order valence-corrected chi connectivity index (χ1v) is 8.61. The number of carbonyl (C=O) groups excluding carboxylic acids is 2. The van der Waals surface area contributed by atoms with E-state index in [1.807, 2.05) is 0 Å². The highest BCUT2D eigenvalue weighted by Gasteiger charge is 2.56. The fraction of sp³-hybridized carbons (Fsp3) is 0.600. The van der Waals surface area contributed by atoms with E-state index in [0.29, 0.717) is 18.6 Å². The Morgan fingerprint density at radius 3 is 2.65 bits per heavy atom. The second kappa shape index (κ2) is 4.46. The Morgan fingerprint density at radius 2 is 1.91 bits per heavy atom. The fourth-order valence-electron chi connectivity index (χ4n) is 5.40. The number of ketones is 1. The minimum atomic E-state index is -0.362. The maximum Gasteiger partial charge on any atom is 0.310 e. The van der Waals surface area contributed by atoms with Gasteiger partial charge in [-0.25, -0.2) is 0 Å². The molecule has 1 aromatic carbocycles. The number of carbonyl (C=O) groups is 2. The summed E-state index contributed by atoms with van der Waals surface area (Å²) in [6.07, 6.45) is 2.52. The van der Waals surface area contributed by atoms with Crippen molar-refractivity contribution < 1.29 is 14.3 Å². The molecule has 2 aliphatic carbocycles. The number of rotatable bonds is 0. The van der Waals surface area contributed by atoms with E-state index < -0.39 is 0 Å². The second-order valence-electron chi connectivity index (χ2n) is 8.33. The van der Waals surface area contributed by atoms with Gasteiger partial charge in [0.15, 0.2) is 0 Å². The van der Waals surface area contributed by atoms with Crippen LogP contribution in [0.1, 0.15) is 68.4 Å². The Morgan fingerprint density at radius 1 is 1.17 bits per heavy atom. The van der Waals surface area contributed by atoms with Crippen LogP contribution in [0.3, 0.4) is 0 Å². The van der Waals surface area contributed by atoms with Gasteiger partial charge in [-0.05, 0) is 47.8 Å². The minimum absolute atomic E-state index is 0.00452. The summed E-state index contributed by atoms with van der Waals surface area (Å²) >= 11 is 0. The Kier molecular flexibility index (Phi) is 2.89. The van der Waals surface area contributed by atoms with Crippen LogP contribution in [-0.4, -0.2) is 11.8 Å². The number of esters is 1. The van der Waals surface area contributed by atoms with Gasteiger partial charge in [-0.1, -0.05) is 32.9 Å². The second-order valence-corrected chi connectivity index (χ2v) is 8.33. The lowest BCUT2D eigenvalue weighted by Crippen LogP contribution is -2.53. The number of aryl methyl sites for hydroxylation is 1. The fourth-order valence-corrected chi connectivity index (χ4v) is 5.40. The first-order valence-electron chi connectivity index (χ1n) is 8.61. The highest BCUT2D eigenvalue weighted by Crippen LogP contribution is 2.59. The molecule has 3 aliphatic rings. The molecule has 0 bridgehead atoms. The average molecular weight is 312 g/mol. The van der Waals surface area contributed by atoms with Gasteiger partial charge in [0.2, 0.25) is 0 Å². The van der Waals surface area contributed by atoms with Crippen LogP contribution < -0.4 is 0 Å². The van der Waals surface area contributed by atoms with E-state index in [1.54, 1.807) is 0 Å². The molecule has 1 aromatic rings. The third-order valence-corrected chi connectivity index (χ3v) is 6.80. The molecule has 0 radical (unpaired) electrons. The van der Waals surface area contributed by atoms with Crippen molar-refractivity contribution in [2.75, 3.05) is 0 Å². The zero-order valence-corrected chi connectivity index (χ0v) is 14.4. The lowest BCUT2D eigenvalue weighted by atomic mass is 9.49. The molecule has 3 heteroatoms. The van der Waals surface area contributed by atoms with Gasteiger partial charge in [-0.15, -0.1) is 0 Å². The molecule has 0 amide bonds. The molecule has 0 N–H and O–H groups in total. The van der Waals surface area contributed by atoms with Crippen LogP contribution in [0.2, 0.25) is 0 Å². The monoisotopic (exact) mass is 312 g/mol. The van der Waals surface area contributed by atoms with Crippen molar-refractivity contribution in [3.63, 3.8) is 0 Å². The van der Waals surface area contributed by atoms with Crippen LogP contribution in [0.4, 0.5) is 0 Å². The topological polar surface area (TPSA) is 43.4 Å². The van der Waals surface area contributed by atoms with Crippen molar-refractivity contribution >= 4 is 11.8 Å². The van der Waals surface area contributed by atoms with Crippen molar-refractivity contribution in [1.82, 2.24) is 0 Å². The van der Waals surface area contributed by atoms with E-state index in [9.17, 15) is 9.59 Å². The summed E-state index contributed by atoms with van der Waals surface area (Å²) in [4.78, 5) is 24.6. The Balaban J connectivity index is 1.96. The summed E-state index contributed by atoms with van der Waals surface area (Å²) in [5, 5.41) is 0. The molecule has 3 nitrogen and oxygen atoms in total. The first kappa shape index (κ1) is 14.9. The van der Waals surface area contributed by atoms with E-state index in [-0.39, 0.29) is 28.8 Å². The van der Waals surface area contributed by atoms with E-state index >= 15 is 0 Å². The van der Waals surface area contributed by atoms with E-state index in [2.05, 4.69) is 39.8 Å². The molecular formula is C20H24O3. The van der Waals surface area contributed by atoms with Gasteiger partial charge in [0.1, 0.15) is 11.9 Å². The van der Waals surface area contributed by atoms with Crippen LogP contribution in [0.25, 0.3) is 0 Å². The Bertz CT molecular complexity index is 731. The molecule has 1 saturated carbocycles. The smallest absolute Gasteiger partial charge is 0.310 e. The molecular weight excluding hydrogens is 288 g/mol.